The summed E-state index contributed by atoms with van der Waals surface area (Å²) in [4.78, 5) is 27.2. The average molecular weight is 519 g/mol. The minimum absolute atomic E-state index is 0.225. The van der Waals surface area contributed by atoms with Crippen molar-refractivity contribution < 1.29 is 23.8 Å². The van der Waals surface area contributed by atoms with Crippen LogP contribution in [0.25, 0.3) is 0 Å². The molecule has 3 aliphatic carbocycles. The molecular formula is C34H30O5. The van der Waals surface area contributed by atoms with Gasteiger partial charge in [-0.2, -0.15) is 0 Å². The van der Waals surface area contributed by atoms with Crippen LogP contribution in [0.3, 0.4) is 0 Å². The summed E-state index contributed by atoms with van der Waals surface area (Å²) in [6.07, 6.45) is -2.03. The topological polar surface area (TPSA) is 61.8 Å². The molecule has 0 heterocycles. The minimum Gasteiger partial charge on any atom is -0.453 e. The highest BCUT2D eigenvalue weighted by Gasteiger charge is 2.68. The fraction of sp³-hybridized carbons (Fsp3) is 0.235. The smallest absolute Gasteiger partial charge is 0.338 e. The lowest BCUT2D eigenvalue weighted by Crippen LogP contribution is -2.68. The van der Waals surface area contributed by atoms with E-state index in [-0.39, 0.29) is 6.10 Å². The first-order valence-corrected chi connectivity index (χ1v) is 13.3. The largest absolute Gasteiger partial charge is 0.453 e. The Balaban J connectivity index is 1.60. The number of benzene rings is 4. The molecule has 2 atom stereocenters. The Bertz CT molecular complexity index is 1480. The highest BCUT2D eigenvalue weighted by Crippen LogP contribution is 2.61. The Morgan fingerprint density at radius 1 is 0.590 bits per heavy atom. The van der Waals surface area contributed by atoms with Crippen molar-refractivity contribution in [1.82, 2.24) is 0 Å². The fourth-order valence-electron chi connectivity index (χ4n) is 6.34. The van der Waals surface area contributed by atoms with E-state index in [0.717, 1.165) is 22.3 Å². The lowest BCUT2D eigenvalue weighted by molar-refractivity contribution is -0.192. The Labute approximate surface area is 228 Å². The summed E-state index contributed by atoms with van der Waals surface area (Å²) in [6, 6.07) is 33.8. The lowest BCUT2D eigenvalue weighted by atomic mass is 9.51. The molecule has 0 aromatic heterocycles. The van der Waals surface area contributed by atoms with Crippen LogP contribution in [-0.4, -0.2) is 30.3 Å². The second-order valence-corrected chi connectivity index (χ2v) is 10.6. The second kappa shape index (κ2) is 9.51. The van der Waals surface area contributed by atoms with Crippen LogP contribution in [0.4, 0.5) is 0 Å². The molecule has 5 nitrogen and oxygen atoms in total. The molecule has 2 bridgehead atoms. The van der Waals surface area contributed by atoms with Gasteiger partial charge in [0.1, 0.15) is 0 Å². The Morgan fingerprint density at radius 2 is 0.974 bits per heavy atom. The van der Waals surface area contributed by atoms with Crippen molar-refractivity contribution in [2.24, 2.45) is 0 Å². The molecule has 5 heteroatoms. The first-order chi connectivity index (χ1) is 18.9. The van der Waals surface area contributed by atoms with Gasteiger partial charge in [-0.15, -0.1) is 0 Å². The van der Waals surface area contributed by atoms with Gasteiger partial charge in [0.25, 0.3) is 0 Å². The normalized spacial score (nSPS) is 24.5. The van der Waals surface area contributed by atoms with E-state index in [1.807, 2.05) is 62.4 Å². The van der Waals surface area contributed by atoms with Gasteiger partial charge >= 0.3 is 11.9 Å². The molecule has 7 rings (SSSR count). The number of fused-ring (bicyclic) bond motifs is 1. The van der Waals surface area contributed by atoms with E-state index in [1.54, 1.807) is 48.5 Å². The fourth-order valence-corrected chi connectivity index (χ4v) is 6.34. The maximum absolute atomic E-state index is 13.6. The minimum atomic E-state index is -1.19. The molecule has 39 heavy (non-hydrogen) atoms. The highest BCUT2D eigenvalue weighted by atomic mass is 16.6. The van der Waals surface area contributed by atoms with Gasteiger partial charge in [-0.1, -0.05) is 84.9 Å². The zero-order chi connectivity index (χ0) is 27.2. The Morgan fingerprint density at radius 3 is 1.41 bits per heavy atom. The van der Waals surface area contributed by atoms with Gasteiger partial charge in [0.05, 0.1) is 22.6 Å². The van der Waals surface area contributed by atoms with Gasteiger partial charge in [-0.05, 0) is 67.3 Å². The number of esters is 2. The van der Waals surface area contributed by atoms with Crippen LogP contribution >= 0.6 is 0 Å². The molecule has 196 valence electrons. The molecule has 0 amide bonds. The SMILES string of the molecule is CC(C)OC12c3ccccc3C(C)(c3ccccc31)C(OC(=O)c1ccccc1)C2OC(=O)c1ccccc1. The van der Waals surface area contributed by atoms with Crippen LogP contribution in [0.1, 0.15) is 63.7 Å². The number of carbonyl (C=O) groups is 2. The maximum Gasteiger partial charge on any atom is 0.338 e. The lowest BCUT2D eigenvalue weighted by Gasteiger charge is -2.60. The molecule has 3 aliphatic rings. The summed E-state index contributed by atoms with van der Waals surface area (Å²) in [7, 11) is 0. The number of hydrogen-bond acceptors (Lipinski definition) is 5. The monoisotopic (exact) mass is 518 g/mol. The third-order valence-electron chi connectivity index (χ3n) is 7.93. The van der Waals surface area contributed by atoms with E-state index in [0.29, 0.717) is 11.1 Å². The van der Waals surface area contributed by atoms with Crippen molar-refractivity contribution >= 4 is 11.9 Å². The number of rotatable bonds is 6. The van der Waals surface area contributed by atoms with Gasteiger partial charge in [-0.25, -0.2) is 9.59 Å². The summed E-state index contributed by atoms with van der Waals surface area (Å²) in [5.74, 6) is -0.982. The van der Waals surface area contributed by atoms with Crippen molar-refractivity contribution in [2.45, 2.75) is 50.1 Å². The summed E-state index contributed by atoms with van der Waals surface area (Å²) in [5, 5.41) is 0. The van der Waals surface area contributed by atoms with Crippen LogP contribution in [0, 0.1) is 0 Å². The molecule has 0 radical (unpaired) electrons. The van der Waals surface area contributed by atoms with Crippen LogP contribution < -0.4 is 0 Å². The van der Waals surface area contributed by atoms with E-state index >= 15 is 0 Å². The van der Waals surface area contributed by atoms with E-state index < -0.39 is 35.2 Å². The molecule has 4 aromatic carbocycles. The van der Waals surface area contributed by atoms with E-state index in [4.69, 9.17) is 14.2 Å². The number of hydrogen-bond donors (Lipinski definition) is 0. The van der Waals surface area contributed by atoms with Gasteiger partial charge in [0.15, 0.2) is 17.8 Å². The zero-order valence-electron chi connectivity index (χ0n) is 22.2. The standard InChI is InChI=1S/C34H30O5/c1-22(2)39-34-27-20-12-10-18-25(27)33(3,26-19-11-13-21-28(26)34)29(37-31(35)23-14-6-4-7-15-23)30(34)38-32(36)24-16-8-5-9-17-24/h4-22,29-30H,1-3H3. The summed E-state index contributed by atoms with van der Waals surface area (Å²) >= 11 is 0. The van der Waals surface area contributed by atoms with E-state index in [9.17, 15) is 9.59 Å². The third kappa shape index (κ3) is 3.80. The van der Waals surface area contributed by atoms with Crippen molar-refractivity contribution in [3.8, 4) is 0 Å². The molecule has 0 spiro atoms. The van der Waals surface area contributed by atoms with Gasteiger partial charge in [0, 0.05) is 0 Å². The van der Waals surface area contributed by atoms with Crippen LogP contribution in [0.15, 0.2) is 109 Å². The number of carbonyl (C=O) groups excluding carboxylic acids is 2. The molecule has 2 unspecified atom stereocenters. The molecule has 0 fully saturated rings. The summed E-state index contributed by atoms with van der Waals surface area (Å²) in [6.45, 7) is 5.99. The quantitative estimate of drug-likeness (QED) is 0.275. The highest BCUT2D eigenvalue weighted by molar-refractivity contribution is 5.91. The van der Waals surface area contributed by atoms with Gasteiger partial charge in [-0.3, -0.25) is 0 Å². The average Bonchev–Trinajstić information content (AvgIpc) is 2.97. The Hall–Kier alpha value is -4.22. The zero-order valence-corrected chi connectivity index (χ0v) is 22.2. The van der Waals surface area contributed by atoms with Crippen LogP contribution in [0.5, 0.6) is 0 Å². The summed E-state index contributed by atoms with van der Waals surface area (Å²) in [5.41, 5.74) is 2.65. The molecule has 0 N–H and O–H groups in total. The number of ether oxygens (including phenoxy) is 3. The molecule has 0 aliphatic heterocycles. The van der Waals surface area contributed by atoms with E-state index in [1.165, 1.54) is 0 Å². The Kier molecular flexibility index (Phi) is 6.12. The third-order valence-corrected chi connectivity index (χ3v) is 7.93. The molecule has 0 saturated carbocycles. The predicted octanol–water partition coefficient (Wildman–Crippen LogP) is 6.44. The van der Waals surface area contributed by atoms with Crippen molar-refractivity contribution in [3.05, 3.63) is 143 Å². The first kappa shape index (κ1) is 25.1. The van der Waals surface area contributed by atoms with Gasteiger partial charge in [0.2, 0.25) is 0 Å². The molecule has 0 saturated heterocycles. The van der Waals surface area contributed by atoms with Crippen molar-refractivity contribution in [2.75, 3.05) is 0 Å². The maximum atomic E-state index is 13.6. The first-order valence-electron chi connectivity index (χ1n) is 13.3. The molecule has 4 aromatic rings. The predicted molar refractivity (Wildman–Crippen MR) is 148 cm³/mol. The van der Waals surface area contributed by atoms with Crippen molar-refractivity contribution in [3.63, 3.8) is 0 Å². The summed E-state index contributed by atoms with van der Waals surface area (Å²) < 4.78 is 19.7. The van der Waals surface area contributed by atoms with Crippen molar-refractivity contribution in [1.29, 1.82) is 0 Å². The van der Waals surface area contributed by atoms with Crippen LogP contribution in [-0.2, 0) is 25.2 Å². The van der Waals surface area contributed by atoms with E-state index in [2.05, 4.69) is 19.1 Å². The van der Waals surface area contributed by atoms with Crippen LogP contribution in [0.2, 0.25) is 0 Å². The van der Waals surface area contributed by atoms with Gasteiger partial charge < -0.3 is 14.2 Å². The second-order valence-electron chi connectivity index (χ2n) is 10.6. The molecular weight excluding hydrogens is 488 g/mol.